The monoisotopic (exact) mass is 398 g/mol. The third-order valence-corrected chi connectivity index (χ3v) is 0. The summed E-state index contributed by atoms with van der Waals surface area (Å²) in [7, 11) is -4.67. The van der Waals surface area contributed by atoms with Crippen molar-refractivity contribution < 1.29 is 66.9 Å². The Labute approximate surface area is 143 Å². The molecule has 0 aromatic heterocycles. The van der Waals surface area contributed by atoms with Crippen molar-refractivity contribution in [2.45, 2.75) is 0 Å². The third kappa shape index (κ3) is 444. The van der Waals surface area contributed by atoms with Crippen LogP contribution in [0.1, 0.15) is 0 Å². The van der Waals surface area contributed by atoms with Crippen LogP contribution in [-0.4, -0.2) is 119 Å². The molecule has 0 aromatic rings. The van der Waals surface area contributed by atoms with E-state index in [4.69, 9.17) is 17.5 Å². The zero-order chi connectivity index (χ0) is 4.50. The average molecular weight is 399 g/mol. The van der Waals surface area contributed by atoms with Gasteiger partial charge in [-0.3, -0.25) is 9.11 Å². The maximum Gasteiger partial charge on any atom is 0 e. The molecule has 0 aliphatic heterocycles. The maximum absolute atomic E-state index is 8.74. The van der Waals surface area contributed by atoms with E-state index < -0.39 is 10.4 Å². The molecule has 0 amide bonds. The molecule has 0 heterocycles. The van der Waals surface area contributed by atoms with E-state index in [0.717, 1.165) is 0 Å². The first-order chi connectivity index (χ1) is 2.00. The van der Waals surface area contributed by atoms with Gasteiger partial charge in [0.2, 0.25) is 0 Å². The molecule has 0 spiro atoms. The van der Waals surface area contributed by atoms with E-state index in [2.05, 4.69) is 0 Å². The van der Waals surface area contributed by atoms with Gasteiger partial charge in [0.15, 0.2) is 0 Å². The summed E-state index contributed by atoms with van der Waals surface area (Å²) < 4.78 is 31.6. The molecule has 0 aromatic carbocycles. The fourth-order valence-corrected chi connectivity index (χ4v) is 0. The van der Waals surface area contributed by atoms with Crippen molar-refractivity contribution in [3.8, 4) is 0 Å². The largest absolute Gasteiger partial charge is 0 e. The van der Waals surface area contributed by atoms with Gasteiger partial charge < -0.3 is 32.9 Å². The van der Waals surface area contributed by atoms with Gasteiger partial charge in [0, 0.05) is 16.5 Å². The molecule has 0 rings (SSSR count). The molecular formula is H15CsNiO10S. The van der Waals surface area contributed by atoms with Gasteiger partial charge in [0.05, 0.1) is 0 Å². The Kier molecular flexibility index (Phi) is 226. The van der Waals surface area contributed by atoms with Gasteiger partial charge in [0.25, 0.3) is 0 Å². The summed E-state index contributed by atoms with van der Waals surface area (Å²) in [5.74, 6) is 0. The summed E-state index contributed by atoms with van der Waals surface area (Å²) in [5.41, 5.74) is 0. The summed E-state index contributed by atoms with van der Waals surface area (Å²) in [6.45, 7) is 0. The van der Waals surface area contributed by atoms with Gasteiger partial charge in [-0.1, -0.05) is 0 Å². The molecule has 14 N–H and O–H groups in total. The van der Waals surface area contributed by atoms with Gasteiger partial charge in [-0.05, 0) is 0 Å². The van der Waals surface area contributed by atoms with E-state index in [1.807, 2.05) is 0 Å². The third-order valence-electron chi connectivity index (χ3n) is 0. The van der Waals surface area contributed by atoms with E-state index in [-0.39, 0.29) is 118 Å². The first-order valence-corrected chi connectivity index (χ1v) is 2.10. The molecule has 92 valence electrons. The maximum atomic E-state index is 8.74. The van der Waals surface area contributed by atoms with E-state index in [9.17, 15) is 0 Å². The van der Waals surface area contributed by atoms with Gasteiger partial charge in [0.1, 0.15) is 0 Å². The Morgan fingerprint density at radius 3 is 0.692 bits per heavy atom. The molecule has 0 aliphatic carbocycles. The second-order valence-electron chi connectivity index (χ2n) is 0.448. The second-order valence-corrected chi connectivity index (χ2v) is 1.34. The molecule has 0 atom stereocenters. The summed E-state index contributed by atoms with van der Waals surface area (Å²) in [4.78, 5) is 0. The Morgan fingerprint density at radius 1 is 0.692 bits per heavy atom. The second kappa shape index (κ2) is 36.8. The van der Waals surface area contributed by atoms with E-state index in [1.165, 1.54) is 0 Å². The van der Waals surface area contributed by atoms with Crippen molar-refractivity contribution in [1.82, 2.24) is 0 Å². The predicted molar refractivity (Wildman–Crippen MR) is 43.0 cm³/mol. The van der Waals surface area contributed by atoms with Gasteiger partial charge >= 0.3 is 79.3 Å². The predicted octanol–water partition coefficient (Wildman–Crippen LogP) is -6.25. The quantitative estimate of drug-likeness (QED) is 0.297. The molecule has 0 saturated carbocycles. The molecule has 10 nitrogen and oxygen atoms in total. The van der Waals surface area contributed by atoms with Gasteiger partial charge in [-0.25, -0.2) is 0 Å². The van der Waals surface area contributed by atoms with Crippen LogP contribution in [0.2, 0.25) is 0 Å². The van der Waals surface area contributed by atoms with Crippen LogP contribution in [0.15, 0.2) is 0 Å². The van der Waals surface area contributed by atoms with Crippen molar-refractivity contribution in [2.75, 3.05) is 0 Å². The Morgan fingerprint density at radius 2 is 0.692 bits per heavy atom. The molecule has 13 heteroatoms. The smallest absolute Gasteiger partial charge is 0 e. The molecule has 0 unspecified atom stereocenters. The van der Waals surface area contributed by atoms with Crippen LogP contribution in [0.4, 0.5) is 0 Å². The fourth-order valence-electron chi connectivity index (χ4n) is 0. The standard InChI is InChI=1S/Cs.Ni.H2O4S.6H2O.H/c;;1-5(2,3)4;;;;;;;/h;;(H2,1,2,3,4);6*1H2;. The SMILES string of the molecule is O.O.O.O.O.O.O=S(=O)(O)O.[CsH].[Ni]. The molecule has 0 radical (unpaired) electrons. The number of hydrogen-bond donors (Lipinski definition) is 2. The van der Waals surface area contributed by atoms with Crippen molar-refractivity contribution in [3.63, 3.8) is 0 Å². The van der Waals surface area contributed by atoms with Crippen LogP contribution >= 0.6 is 0 Å². The van der Waals surface area contributed by atoms with Crippen LogP contribution in [0.5, 0.6) is 0 Å². The Balaban J connectivity index is -0.00000000286. The summed E-state index contributed by atoms with van der Waals surface area (Å²) in [5, 5.41) is 0. The van der Waals surface area contributed by atoms with E-state index in [1.54, 1.807) is 0 Å². The van der Waals surface area contributed by atoms with Crippen LogP contribution in [0.25, 0.3) is 0 Å². The molecule has 0 aliphatic rings. The fraction of sp³-hybridized carbons (Fsp3) is 0. The Bertz CT molecular complexity index is 98.1. The molecule has 13 heavy (non-hydrogen) atoms. The average Bonchev–Trinajstić information content (AvgIpc) is 0.722. The van der Waals surface area contributed by atoms with Gasteiger partial charge in [-0.15, -0.1) is 0 Å². The molecule has 0 fully saturated rings. The van der Waals surface area contributed by atoms with Crippen LogP contribution in [-0.2, 0) is 26.9 Å². The molecule has 0 bridgehead atoms. The van der Waals surface area contributed by atoms with E-state index >= 15 is 0 Å². The van der Waals surface area contributed by atoms with Crippen molar-refractivity contribution >= 4 is 79.3 Å². The normalized spacial score (nSPS) is 4.46. The first-order valence-electron chi connectivity index (χ1n) is 0.698. The van der Waals surface area contributed by atoms with Crippen molar-refractivity contribution in [3.05, 3.63) is 0 Å². The minimum atomic E-state index is -4.67. The number of rotatable bonds is 0. The molecular weight excluding hydrogens is 384 g/mol. The van der Waals surface area contributed by atoms with Crippen LogP contribution in [0.3, 0.4) is 0 Å². The summed E-state index contributed by atoms with van der Waals surface area (Å²) >= 11 is 0. The minimum Gasteiger partial charge on any atom is 0 e. The van der Waals surface area contributed by atoms with Gasteiger partial charge in [-0.2, -0.15) is 8.42 Å². The first kappa shape index (κ1) is 80.0. The van der Waals surface area contributed by atoms with Crippen LogP contribution < -0.4 is 0 Å². The minimum absolute atomic E-state index is 0. The van der Waals surface area contributed by atoms with Crippen LogP contribution in [0, 0.1) is 0 Å². The van der Waals surface area contributed by atoms with E-state index in [0.29, 0.717) is 0 Å². The summed E-state index contributed by atoms with van der Waals surface area (Å²) in [6.07, 6.45) is 0. The topological polar surface area (TPSA) is 264 Å². The zero-order valence-electron chi connectivity index (χ0n) is 5.44. The Hall–Kier alpha value is 2.18. The summed E-state index contributed by atoms with van der Waals surface area (Å²) in [6, 6.07) is 0. The molecule has 0 saturated heterocycles. The number of hydrogen-bond acceptors (Lipinski definition) is 2. The zero-order valence-corrected chi connectivity index (χ0v) is 7.24. The van der Waals surface area contributed by atoms with Crippen molar-refractivity contribution in [1.29, 1.82) is 0 Å². The van der Waals surface area contributed by atoms with Crippen molar-refractivity contribution in [2.24, 2.45) is 0 Å².